The third-order valence-electron chi connectivity index (χ3n) is 6.96. The van der Waals surface area contributed by atoms with Crippen molar-refractivity contribution in [1.29, 1.82) is 0 Å². The molecular weight excluding hydrogens is 516 g/mol. The predicted molar refractivity (Wildman–Crippen MR) is 146 cm³/mol. The molecule has 0 unspecified atom stereocenters. The zero-order valence-electron chi connectivity index (χ0n) is 22.2. The van der Waals surface area contributed by atoms with Gasteiger partial charge in [0.05, 0.1) is 17.2 Å². The fraction of sp³-hybridized carbons (Fsp3) is 0.300. The van der Waals surface area contributed by atoms with E-state index >= 15 is 0 Å². The smallest absolute Gasteiger partial charge is 0.338 e. The SMILES string of the molecule is CC(C)N1CCC[C@H](OC(=O)c2ccc(O)cc2)[C@@H](NC(=O)c2cc(O)c(C(=O)c3ccccc3O)c(O)c2)C1. The van der Waals surface area contributed by atoms with Crippen LogP contribution < -0.4 is 5.32 Å². The number of likely N-dealkylation sites (tertiary alicyclic amines) is 1. The average Bonchev–Trinajstić information content (AvgIpc) is 3.11. The number of phenols is 4. The minimum Gasteiger partial charge on any atom is -0.508 e. The topological polar surface area (TPSA) is 157 Å². The summed E-state index contributed by atoms with van der Waals surface area (Å²) in [6, 6.07) is 13.1. The number of nitrogens with one attached hydrogen (secondary N) is 1. The van der Waals surface area contributed by atoms with Gasteiger partial charge in [-0.2, -0.15) is 0 Å². The fourth-order valence-corrected chi connectivity index (χ4v) is 4.74. The molecule has 0 aromatic heterocycles. The molecule has 10 heteroatoms. The van der Waals surface area contributed by atoms with Gasteiger partial charge >= 0.3 is 5.97 Å². The second kappa shape index (κ2) is 12.1. The van der Waals surface area contributed by atoms with E-state index in [0.717, 1.165) is 25.1 Å². The summed E-state index contributed by atoms with van der Waals surface area (Å²) >= 11 is 0. The summed E-state index contributed by atoms with van der Waals surface area (Å²) in [5.74, 6) is -3.60. The molecule has 1 aliphatic heterocycles. The van der Waals surface area contributed by atoms with E-state index in [1.807, 2.05) is 13.8 Å². The van der Waals surface area contributed by atoms with Gasteiger partial charge in [0.2, 0.25) is 5.78 Å². The van der Waals surface area contributed by atoms with E-state index < -0.39 is 46.9 Å². The van der Waals surface area contributed by atoms with Crippen molar-refractivity contribution in [2.45, 2.75) is 44.9 Å². The van der Waals surface area contributed by atoms with Crippen LogP contribution in [-0.4, -0.2) is 74.3 Å². The first-order valence-electron chi connectivity index (χ1n) is 13.0. The van der Waals surface area contributed by atoms with Gasteiger partial charge in [0.15, 0.2) is 0 Å². The number of carbonyl (C=O) groups is 3. The van der Waals surface area contributed by atoms with E-state index in [2.05, 4.69) is 10.2 Å². The van der Waals surface area contributed by atoms with Crippen molar-refractivity contribution in [2.24, 2.45) is 0 Å². The zero-order valence-corrected chi connectivity index (χ0v) is 22.2. The van der Waals surface area contributed by atoms with Crippen molar-refractivity contribution >= 4 is 17.7 Å². The summed E-state index contributed by atoms with van der Waals surface area (Å²) < 4.78 is 5.80. The van der Waals surface area contributed by atoms with Crippen LogP contribution in [-0.2, 0) is 4.74 Å². The van der Waals surface area contributed by atoms with Crippen molar-refractivity contribution in [1.82, 2.24) is 10.2 Å². The largest absolute Gasteiger partial charge is 0.508 e. The molecule has 0 saturated carbocycles. The van der Waals surface area contributed by atoms with Crippen LogP contribution in [0.15, 0.2) is 60.7 Å². The minimum absolute atomic E-state index is 0.0172. The van der Waals surface area contributed by atoms with E-state index in [-0.39, 0.29) is 34.2 Å². The molecular formula is C30H32N2O8. The molecule has 0 bridgehead atoms. The van der Waals surface area contributed by atoms with Crippen LogP contribution in [0.5, 0.6) is 23.0 Å². The summed E-state index contributed by atoms with van der Waals surface area (Å²) in [5, 5.41) is 43.6. The number of ether oxygens (including phenoxy) is 1. The van der Waals surface area contributed by atoms with Crippen molar-refractivity contribution in [2.75, 3.05) is 13.1 Å². The lowest BCUT2D eigenvalue weighted by Gasteiger charge is -2.31. The average molecular weight is 549 g/mol. The van der Waals surface area contributed by atoms with Gasteiger partial charge in [-0.15, -0.1) is 0 Å². The molecule has 4 rings (SSSR count). The highest BCUT2D eigenvalue weighted by Gasteiger charge is 2.33. The Morgan fingerprint density at radius 1 is 0.900 bits per heavy atom. The Kier molecular flexibility index (Phi) is 8.59. The second-order valence-corrected chi connectivity index (χ2v) is 10.0. The highest BCUT2D eigenvalue weighted by Crippen LogP contribution is 2.33. The van der Waals surface area contributed by atoms with Crippen LogP contribution in [0.2, 0.25) is 0 Å². The molecule has 1 amide bonds. The van der Waals surface area contributed by atoms with Gasteiger partial charge in [-0.1, -0.05) is 12.1 Å². The summed E-state index contributed by atoms with van der Waals surface area (Å²) in [5.41, 5.74) is -0.407. The lowest BCUT2D eigenvalue weighted by atomic mass is 9.98. The summed E-state index contributed by atoms with van der Waals surface area (Å²) in [4.78, 5) is 41.2. The van der Waals surface area contributed by atoms with Crippen LogP contribution in [0, 0.1) is 0 Å². The van der Waals surface area contributed by atoms with Crippen LogP contribution in [0.3, 0.4) is 0 Å². The number of esters is 1. The van der Waals surface area contributed by atoms with Gasteiger partial charge in [0, 0.05) is 18.2 Å². The summed E-state index contributed by atoms with van der Waals surface area (Å²) in [6.45, 7) is 5.18. The molecule has 40 heavy (non-hydrogen) atoms. The third kappa shape index (κ3) is 6.35. The number of hydrogen-bond acceptors (Lipinski definition) is 9. The molecule has 0 spiro atoms. The Hall–Kier alpha value is -4.57. The minimum atomic E-state index is -0.808. The molecule has 3 aromatic carbocycles. The molecule has 0 radical (unpaired) electrons. The van der Waals surface area contributed by atoms with E-state index in [9.17, 15) is 34.8 Å². The molecule has 0 aliphatic carbocycles. The predicted octanol–water partition coefficient (Wildman–Crippen LogP) is 3.57. The third-order valence-corrected chi connectivity index (χ3v) is 6.96. The first-order valence-corrected chi connectivity index (χ1v) is 13.0. The van der Waals surface area contributed by atoms with Crippen LogP contribution >= 0.6 is 0 Å². The summed E-state index contributed by atoms with van der Waals surface area (Å²) in [7, 11) is 0. The molecule has 3 aromatic rings. The van der Waals surface area contributed by atoms with E-state index in [1.165, 1.54) is 48.5 Å². The number of benzene rings is 3. The number of para-hydroxylation sites is 1. The van der Waals surface area contributed by atoms with Crippen LogP contribution in [0.4, 0.5) is 0 Å². The van der Waals surface area contributed by atoms with E-state index in [0.29, 0.717) is 13.0 Å². The maximum Gasteiger partial charge on any atom is 0.338 e. The van der Waals surface area contributed by atoms with Crippen LogP contribution in [0.1, 0.15) is 63.3 Å². The van der Waals surface area contributed by atoms with Gasteiger partial charge in [-0.05, 0) is 81.8 Å². The highest BCUT2D eigenvalue weighted by molar-refractivity contribution is 6.14. The number of aromatic hydroxyl groups is 4. The first kappa shape index (κ1) is 28.4. The standard InChI is InChI=1S/C30H32N2O8/c1-17(2)32-13-5-8-26(40-30(39)18-9-11-20(33)12-10-18)22(16-32)31-29(38)19-14-24(35)27(25(36)15-19)28(37)21-6-3-4-7-23(21)34/h3-4,6-7,9-12,14-15,17,22,26,33-36H,5,8,13,16H2,1-2H3,(H,31,38)/t22-,26-/m0/s1. The molecule has 10 nitrogen and oxygen atoms in total. The number of ketones is 1. The first-order chi connectivity index (χ1) is 19.0. The molecule has 210 valence electrons. The van der Waals surface area contributed by atoms with Crippen molar-refractivity contribution < 1.29 is 39.5 Å². The Balaban J connectivity index is 1.57. The Labute approximate surface area is 231 Å². The van der Waals surface area contributed by atoms with E-state index in [1.54, 1.807) is 0 Å². The van der Waals surface area contributed by atoms with Gasteiger partial charge < -0.3 is 30.5 Å². The van der Waals surface area contributed by atoms with Crippen molar-refractivity contribution in [3.63, 3.8) is 0 Å². The van der Waals surface area contributed by atoms with E-state index in [4.69, 9.17) is 4.74 Å². The van der Waals surface area contributed by atoms with Gasteiger partial charge in [-0.3, -0.25) is 14.5 Å². The molecule has 1 heterocycles. The summed E-state index contributed by atoms with van der Waals surface area (Å²) in [6.07, 6.45) is 0.545. The second-order valence-electron chi connectivity index (χ2n) is 10.0. The lowest BCUT2D eigenvalue weighted by molar-refractivity contribution is 0.0172. The van der Waals surface area contributed by atoms with Crippen molar-refractivity contribution in [3.05, 3.63) is 82.9 Å². The maximum absolute atomic E-state index is 13.3. The fourth-order valence-electron chi connectivity index (χ4n) is 4.74. The zero-order chi connectivity index (χ0) is 29.0. The molecule has 1 aliphatic rings. The van der Waals surface area contributed by atoms with Gasteiger partial charge in [-0.25, -0.2) is 4.79 Å². The number of amides is 1. The number of nitrogens with zero attached hydrogens (tertiary/aromatic N) is 1. The molecule has 2 atom stereocenters. The van der Waals surface area contributed by atoms with Crippen LogP contribution in [0.25, 0.3) is 0 Å². The Morgan fingerprint density at radius 2 is 1.55 bits per heavy atom. The molecule has 1 saturated heterocycles. The Bertz CT molecular complexity index is 1380. The maximum atomic E-state index is 13.3. The number of phenolic OH excluding ortho intramolecular Hbond substituents is 4. The van der Waals surface area contributed by atoms with Gasteiger partial charge in [0.25, 0.3) is 5.91 Å². The normalized spacial score (nSPS) is 17.7. The lowest BCUT2D eigenvalue weighted by Crippen LogP contribution is -2.51. The Morgan fingerprint density at radius 3 is 2.17 bits per heavy atom. The monoisotopic (exact) mass is 548 g/mol. The molecule has 5 N–H and O–H groups in total. The quantitative estimate of drug-likeness (QED) is 0.220. The highest BCUT2D eigenvalue weighted by atomic mass is 16.5. The van der Waals surface area contributed by atoms with Gasteiger partial charge in [0.1, 0.15) is 34.7 Å². The molecule has 1 fully saturated rings. The number of carbonyl (C=O) groups excluding carboxylic acids is 3. The number of hydrogen-bond donors (Lipinski definition) is 5. The van der Waals surface area contributed by atoms with Crippen molar-refractivity contribution in [3.8, 4) is 23.0 Å². The number of rotatable bonds is 7.